The predicted molar refractivity (Wildman–Crippen MR) is 71.7 cm³/mol. The molecule has 0 N–H and O–H groups in total. The number of methoxy groups -OCH3 is 1. The van der Waals surface area contributed by atoms with Crippen LogP contribution in [0.4, 0.5) is 0 Å². The molecule has 0 saturated carbocycles. The zero-order chi connectivity index (χ0) is 13.7. The Bertz CT molecular complexity index is 461. The van der Waals surface area contributed by atoms with E-state index in [0.717, 1.165) is 19.3 Å². The van der Waals surface area contributed by atoms with Crippen LogP contribution in [-0.4, -0.2) is 26.0 Å². The van der Waals surface area contributed by atoms with Crippen LogP contribution in [0.1, 0.15) is 24.8 Å². The second kappa shape index (κ2) is 6.38. The maximum atomic E-state index is 11.5. The number of carbonyl (C=O) groups excluding carboxylic acids is 1. The number of rotatable bonds is 4. The lowest BCUT2D eigenvalue weighted by Gasteiger charge is -2.24. The van der Waals surface area contributed by atoms with Gasteiger partial charge < -0.3 is 14.2 Å². The van der Waals surface area contributed by atoms with Crippen LogP contribution in [0.15, 0.2) is 30.8 Å². The third-order valence-electron chi connectivity index (χ3n) is 3.04. The molecular formula is C15H18O4. The van der Waals surface area contributed by atoms with E-state index in [1.807, 2.05) is 12.1 Å². The summed E-state index contributed by atoms with van der Waals surface area (Å²) in [5, 5.41) is 0. The minimum absolute atomic E-state index is 0.250. The average molecular weight is 262 g/mol. The summed E-state index contributed by atoms with van der Waals surface area (Å²) >= 11 is 0. The van der Waals surface area contributed by atoms with Gasteiger partial charge in [-0.2, -0.15) is 0 Å². The van der Waals surface area contributed by atoms with Crippen LogP contribution in [0.3, 0.4) is 0 Å². The number of ether oxygens (including phenoxy) is 3. The van der Waals surface area contributed by atoms with E-state index < -0.39 is 5.97 Å². The van der Waals surface area contributed by atoms with Gasteiger partial charge in [0.1, 0.15) is 5.75 Å². The van der Waals surface area contributed by atoms with E-state index in [1.165, 1.54) is 7.11 Å². The van der Waals surface area contributed by atoms with E-state index >= 15 is 0 Å². The lowest BCUT2D eigenvalue weighted by atomic mass is 10.1. The van der Waals surface area contributed by atoms with Gasteiger partial charge in [-0.3, -0.25) is 0 Å². The fourth-order valence-electron chi connectivity index (χ4n) is 2.00. The topological polar surface area (TPSA) is 44.8 Å². The highest BCUT2D eigenvalue weighted by Gasteiger charge is 2.19. The lowest BCUT2D eigenvalue weighted by Crippen LogP contribution is -2.25. The van der Waals surface area contributed by atoms with Crippen LogP contribution >= 0.6 is 0 Å². The van der Waals surface area contributed by atoms with Crippen LogP contribution in [0.2, 0.25) is 0 Å². The van der Waals surface area contributed by atoms with Crippen LogP contribution in [-0.2, 0) is 14.3 Å². The molecule has 0 aromatic heterocycles. The van der Waals surface area contributed by atoms with Gasteiger partial charge in [0.2, 0.25) is 0 Å². The molecule has 1 aliphatic rings. The van der Waals surface area contributed by atoms with Crippen molar-refractivity contribution in [2.24, 2.45) is 0 Å². The van der Waals surface area contributed by atoms with Gasteiger partial charge in [0.25, 0.3) is 0 Å². The van der Waals surface area contributed by atoms with Gasteiger partial charge in [0.05, 0.1) is 19.3 Å². The predicted octanol–water partition coefficient (Wildman–Crippen LogP) is 2.78. The molecule has 1 aromatic rings. The molecule has 2 rings (SSSR count). The van der Waals surface area contributed by atoms with Gasteiger partial charge in [0, 0.05) is 12.0 Å². The van der Waals surface area contributed by atoms with Crippen molar-refractivity contribution in [2.45, 2.75) is 25.6 Å². The second-order valence-electron chi connectivity index (χ2n) is 4.38. The van der Waals surface area contributed by atoms with Crippen molar-refractivity contribution < 1.29 is 19.0 Å². The first-order valence-corrected chi connectivity index (χ1v) is 6.37. The molecule has 0 spiro atoms. The number of carbonyl (C=O) groups is 1. The Hall–Kier alpha value is -1.81. The fourth-order valence-corrected chi connectivity index (χ4v) is 2.00. The minimum Gasteiger partial charge on any atom is -0.465 e. The molecule has 19 heavy (non-hydrogen) atoms. The van der Waals surface area contributed by atoms with Gasteiger partial charge in [-0.05, 0) is 18.9 Å². The van der Waals surface area contributed by atoms with Crippen molar-refractivity contribution in [3.63, 3.8) is 0 Å². The van der Waals surface area contributed by atoms with Crippen molar-refractivity contribution >= 4 is 11.5 Å². The monoisotopic (exact) mass is 262 g/mol. The van der Waals surface area contributed by atoms with Gasteiger partial charge in [-0.25, -0.2) is 4.79 Å². The van der Waals surface area contributed by atoms with E-state index in [4.69, 9.17) is 9.47 Å². The Morgan fingerprint density at radius 1 is 1.37 bits per heavy atom. The van der Waals surface area contributed by atoms with E-state index in [-0.39, 0.29) is 11.9 Å². The van der Waals surface area contributed by atoms with Gasteiger partial charge in [-0.15, -0.1) is 0 Å². The highest BCUT2D eigenvalue weighted by molar-refractivity contribution is 6.16. The van der Waals surface area contributed by atoms with Gasteiger partial charge in [-0.1, -0.05) is 24.8 Å². The zero-order valence-electron chi connectivity index (χ0n) is 11.1. The summed E-state index contributed by atoms with van der Waals surface area (Å²) in [5.41, 5.74) is 0.928. The Kier molecular flexibility index (Phi) is 4.58. The number of hydrogen-bond acceptors (Lipinski definition) is 4. The smallest absolute Gasteiger partial charge is 0.337 e. The van der Waals surface area contributed by atoms with E-state index in [0.29, 0.717) is 17.9 Å². The van der Waals surface area contributed by atoms with Gasteiger partial charge in [0.15, 0.2) is 6.29 Å². The molecule has 4 heteroatoms. The van der Waals surface area contributed by atoms with E-state index in [2.05, 4.69) is 11.3 Å². The highest BCUT2D eigenvalue weighted by atomic mass is 16.7. The quantitative estimate of drug-likeness (QED) is 0.618. The number of para-hydroxylation sites is 1. The van der Waals surface area contributed by atoms with Crippen molar-refractivity contribution in [1.29, 1.82) is 0 Å². The summed E-state index contributed by atoms with van der Waals surface area (Å²) in [7, 11) is 1.33. The maximum absolute atomic E-state index is 11.5. The number of hydrogen-bond donors (Lipinski definition) is 0. The average Bonchev–Trinajstić information content (AvgIpc) is 2.47. The Morgan fingerprint density at radius 3 is 2.84 bits per heavy atom. The summed E-state index contributed by atoms with van der Waals surface area (Å²) in [6, 6.07) is 7.28. The molecule has 1 atom stereocenters. The molecule has 0 bridgehead atoms. The second-order valence-corrected chi connectivity index (χ2v) is 4.38. The lowest BCUT2D eigenvalue weighted by molar-refractivity contribution is -0.133. The normalized spacial score (nSPS) is 18.7. The first-order chi connectivity index (χ1) is 9.22. The maximum Gasteiger partial charge on any atom is 0.337 e. The Morgan fingerprint density at radius 2 is 2.16 bits per heavy atom. The molecule has 4 nitrogen and oxygen atoms in total. The molecule has 1 fully saturated rings. The van der Waals surface area contributed by atoms with Crippen LogP contribution < -0.4 is 4.74 Å². The molecular weight excluding hydrogens is 244 g/mol. The SMILES string of the molecule is C=C(C(=O)OC)c1ccccc1OC1CCCCO1. The molecule has 1 aliphatic heterocycles. The Labute approximate surface area is 113 Å². The van der Waals surface area contributed by atoms with Crippen molar-refractivity contribution in [2.75, 3.05) is 13.7 Å². The Balaban J connectivity index is 2.15. The molecule has 0 radical (unpaired) electrons. The van der Waals surface area contributed by atoms with Crippen LogP contribution in [0.25, 0.3) is 5.57 Å². The fraction of sp³-hybridized carbons (Fsp3) is 0.400. The van der Waals surface area contributed by atoms with E-state index in [9.17, 15) is 4.79 Å². The molecule has 1 unspecified atom stereocenters. The summed E-state index contributed by atoms with van der Waals surface area (Å²) in [5.74, 6) is 0.144. The molecule has 1 aromatic carbocycles. The largest absolute Gasteiger partial charge is 0.465 e. The summed E-state index contributed by atoms with van der Waals surface area (Å²) in [4.78, 5) is 11.5. The number of esters is 1. The molecule has 1 saturated heterocycles. The molecule has 102 valence electrons. The third-order valence-corrected chi connectivity index (χ3v) is 3.04. The van der Waals surface area contributed by atoms with Gasteiger partial charge >= 0.3 is 5.97 Å². The minimum atomic E-state index is -0.458. The highest BCUT2D eigenvalue weighted by Crippen LogP contribution is 2.28. The molecule has 0 aliphatic carbocycles. The van der Waals surface area contributed by atoms with Crippen molar-refractivity contribution in [3.8, 4) is 5.75 Å². The first-order valence-electron chi connectivity index (χ1n) is 6.37. The zero-order valence-corrected chi connectivity index (χ0v) is 11.1. The van der Waals surface area contributed by atoms with Crippen molar-refractivity contribution in [1.82, 2.24) is 0 Å². The summed E-state index contributed by atoms with van der Waals surface area (Å²) in [6.07, 6.45) is 2.76. The number of benzene rings is 1. The molecule has 0 amide bonds. The third kappa shape index (κ3) is 3.35. The summed E-state index contributed by atoms with van der Waals surface area (Å²) < 4.78 is 16.0. The summed E-state index contributed by atoms with van der Waals surface area (Å²) in [6.45, 7) is 4.47. The van der Waals surface area contributed by atoms with Crippen LogP contribution in [0.5, 0.6) is 5.75 Å². The molecule has 1 heterocycles. The van der Waals surface area contributed by atoms with E-state index in [1.54, 1.807) is 12.1 Å². The van der Waals surface area contributed by atoms with Crippen LogP contribution in [0, 0.1) is 0 Å². The first kappa shape index (κ1) is 13.6. The van der Waals surface area contributed by atoms with Crippen molar-refractivity contribution in [3.05, 3.63) is 36.4 Å². The standard InChI is InChI=1S/C15H18O4/c1-11(15(16)17-2)12-7-3-4-8-13(12)19-14-9-5-6-10-18-14/h3-4,7-8,14H,1,5-6,9-10H2,2H3.